The Morgan fingerprint density at radius 2 is 1.80 bits per heavy atom. The number of aryl methyl sites for hydroxylation is 1. The number of hydrogen-bond acceptors (Lipinski definition) is 7. The van der Waals surface area contributed by atoms with Crippen molar-refractivity contribution in [3.8, 4) is 0 Å². The Bertz CT molecular complexity index is 1070. The van der Waals surface area contributed by atoms with Crippen LogP contribution in [0.3, 0.4) is 0 Å². The second-order valence-electron chi connectivity index (χ2n) is 5.34. The maximum Gasteiger partial charge on any atom is 0.357 e. The van der Waals surface area contributed by atoms with E-state index in [0.717, 1.165) is 19.1 Å². The number of carbonyl (C=O) groups is 2. The van der Waals surface area contributed by atoms with Crippen molar-refractivity contribution in [1.82, 2.24) is 4.98 Å². The fourth-order valence-electron chi connectivity index (χ4n) is 2.57. The highest BCUT2D eigenvalue weighted by Crippen LogP contribution is 2.22. The molecule has 2 aromatic heterocycles. The molecule has 0 radical (unpaired) electrons. The molecular weight excluding hydrogens is 326 g/mol. The lowest BCUT2D eigenvalue weighted by molar-refractivity contribution is 0.0550. The molecule has 0 N–H and O–H groups in total. The highest BCUT2D eigenvalue weighted by Gasteiger charge is 2.23. The Morgan fingerprint density at radius 1 is 1.08 bits per heavy atom. The average molecular weight is 341 g/mol. The topological polar surface area (TPSA) is 95.7 Å². The third-order valence-corrected chi connectivity index (χ3v) is 3.92. The van der Waals surface area contributed by atoms with E-state index in [9.17, 15) is 14.4 Å². The van der Waals surface area contributed by atoms with E-state index in [1.165, 1.54) is 13.2 Å². The van der Waals surface area contributed by atoms with Gasteiger partial charge in [-0.2, -0.15) is 0 Å². The Balaban J connectivity index is 2.41. The second-order valence-corrected chi connectivity index (χ2v) is 5.34. The monoisotopic (exact) mass is 341 g/mol. The average Bonchev–Trinajstić information content (AvgIpc) is 2.65. The van der Waals surface area contributed by atoms with Gasteiger partial charge in [0.05, 0.1) is 30.6 Å². The number of benzene rings is 1. The Morgan fingerprint density at radius 3 is 2.44 bits per heavy atom. The van der Waals surface area contributed by atoms with Crippen molar-refractivity contribution in [3.63, 3.8) is 0 Å². The number of carbonyl (C=O) groups excluding carboxylic acids is 2. The maximum absolute atomic E-state index is 12.8. The van der Waals surface area contributed by atoms with E-state index in [1.807, 2.05) is 13.0 Å². The number of aromatic nitrogens is 1. The van der Waals surface area contributed by atoms with E-state index in [0.29, 0.717) is 11.0 Å². The summed E-state index contributed by atoms with van der Waals surface area (Å²) in [5.74, 6) is -1.62. The molecule has 3 rings (SSSR count). The number of esters is 2. The van der Waals surface area contributed by atoms with Crippen molar-refractivity contribution in [2.24, 2.45) is 0 Å². The minimum atomic E-state index is -0.827. The lowest BCUT2D eigenvalue weighted by Gasteiger charge is -2.08. The van der Waals surface area contributed by atoms with Crippen LogP contribution in [0.15, 0.2) is 33.5 Å². The van der Waals surface area contributed by atoms with E-state index >= 15 is 0 Å². The van der Waals surface area contributed by atoms with Crippen molar-refractivity contribution >= 4 is 34.0 Å². The van der Waals surface area contributed by atoms with Gasteiger partial charge < -0.3 is 13.9 Å². The van der Waals surface area contributed by atoms with Crippen LogP contribution in [0.1, 0.15) is 33.3 Å². The molecule has 0 fully saturated rings. The zero-order valence-electron chi connectivity index (χ0n) is 13.9. The summed E-state index contributed by atoms with van der Waals surface area (Å²) in [6.45, 7) is 1.98. The third-order valence-electron chi connectivity index (χ3n) is 3.92. The van der Waals surface area contributed by atoms with Gasteiger partial charge in [-0.15, -0.1) is 0 Å². The minimum Gasteiger partial charge on any atom is -0.465 e. The number of ether oxygens (including phenoxy) is 2. The van der Waals surface area contributed by atoms with E-state index in [2.05, 4.69) is 14.5 Å². The van der Waals surface area contributed by atoms with E-state index < -0.39 is 11.9 Å². The largest absolute Gasteiger partial charge is 0.465 e. The summed E-state index contributed by atoms with van der Waals surface area (Å²) in [6.07, 6.45) is 0.764. The first-order valence-corrected chi connectivity index (χ1v) is 7.57. The standard InChI is InChI=1S/C18H15NO6/c1-4-9-5-6-13-10(7-9)15(20)12-8-11(17(21)23-2)14(18(22)24-3)19-16(12)25-13/h5-8H,4H2,1-3H3. The molecule has 0 saturated carbocycles. The molecule has 0 bridgehead atoms. The fourth-order valence-corrected chi connectivity index (χ4v) is 2.57. The summed E-state index contributed by atoms with van der Waals surface area (Å²) in [5.41, 5.74) is 0.528. The normalized spacial score (nSPS) is 10.8. The maximum atomic E-state index is 12.8. The number of rotatable bonds is 3. The van der Waals surface area contributed by atoms with E-state index in [1.54, 1.807) is 12.1 Å². The zero-order valence-corrected chi connectivity index (χ0v) is 13.9. The van der Waals surface area contributed by atoms with Gasteiger partial charge in [0.15, 0.2) is 5.69 Å². The van der Waals surface area contributed by atoms with Crippen molar-refractivity contribution < 1.29 is 23.5 Å². The van der Waals surface area contributed by atoms with Crippen molar-refractivity contribution in [1.29, 1.82) is 0 Å². The molecule has 128 valence electrons. The molecule has 0 spiro atoms. The van der Waals surface area contributed by atoms with Gasteiger partial charge in [-0.05, 0) is 30.2 Å². The molecular formula is C18H15NO6. The van der Waals surface area contributed by atoms with Crippen molar-refractivity contribution in [3.05, 3.63) is 51.3 Å². The van der Waals surface area contributed by atoms with Gasteiger partial charge in [-0.3, -0.25) is 4.79 Å². The molecule has 2 heterocycles. The number of nitrogens with zero attached hydrogens (tertiary/aromatic N) is 1. The summed E-state index contributed by atoms with van der Waals surface area (Å²) in [5, 5.41) is 0.476. The van der Waals surface area contributed by atoms with Gasteiger partial charge in [0.2, 0.25) is 11.1 Å². The highest BCUT2D eigenvalue weighted by atomic mass is 16.5. The molecule has 25 heavy (non-hydrogen) atoms. The molecule has 0 unspecified atom stereocenters. The van der Waals surface area contributed by atoms with Crippen molar-refractivity contribution in [2.45, 2.75) is 13.3 Å². The fraction of sp³-hybridized carbons (Fsp3) is 0.222. The highest BCUT2D eigenvalue weighted by molar-refractivity contribution is 6.05. The number of pyridine rings is 1. The molecule has 0 atom stereocenters. The van der Waals surface area contributed by atoms with Crippen LogP contribution in [0.5, 0.6) is 0 Å². The van der Waals surface area contributed by atoms with E-state index in [-0.39, 0.29) is 27.8 Å². The molecule has 1 aromatic carbocycles. The molecule has 0 saturated heterocycles. The lowest BCUT2D eigenvalue weighted by Crippen LogP contribution is -2.16. The SMILES string of the molecule is CCc1ccc2oc3nc(C(=O)OC)c(C(=O)OC)cc3c(=O)c2c1. The van der Waals surface area contributed by atoms with Crippen LogP contribution in [-0.4, -0.2) is 31.1 Å². The zero-order chi connectivity index (χ0) is 18.1. The van der Waals surface area contributed by atoms with Gasteiger partial charge in [-0.1, -0.05) is 13.0 Å². The van der Waals surface area contributed by atoms with Crippen LogP contribution in [0, 0.1) is 0 Å². The quantitative estimate of drug-likeness (QED) is 0.533. The molecule has 0 aliphatic carbocycles. The van der Waals surface area contributed by atoms with Gasteiger partial charge >= 0.3 is 11.9 Å². The molecule has 3 aromatic rings. The first kappa shape index (κ1) is 16.6. The smallest absolute Gasteiger partial charge is 0.357 e. The number of hydrogen-bond donors (Lipinski definition) is 0. The summed E-state index contributed by atoms with van der Waals surface area (Å²) < 4.78 is 15.0. The lowest BCUT2D eigenvalue weighted by atomic mass is 10.1. The minimum absolute atomic E-state index is 0.0465. The first-order valence-electron chi connectivity index (χ1n) is 7.57. The van der Waals surface area contributed by atoms with Crippen molar-refractivity contribution in [2.75, 3.05) is 14.2 Å². The Kier molecular flexibility index (Phi) is 4.22. The van der Waals surface area contributed by atoms with Crippen LogP contribution in [0.25, 0.3) is 22.1 Å². The molecule has 7 heteroatoms. The summed E-state index contributed by atoms with van der Waals surface area (Å²) in [4.78, 5) is 40.7. The van der Waals surface area contributed by atoms with Gasteiger partial charge in [0, 0.05) is 0 Å². The Labute approximate surface area is 142 Å². The third kappa shape index (κ3) is 2.73. The first-order chi connectivity index (χ1) is 12.0. The van der Waals surface area contributed by atoms with Crippen LogP contribution in [0.4, 0.5) is 0 Å². The second kappa shape index (κ2) is 6.35. The van der Waals surface area contributed by atoms with Crippen LogP contribution in [0.2, 0.25) is 0 Å². The summed E-state index contributed by atoms with van der Waals surface area (Å²) >= 11 is 0. The van der Waals surface area contributed by atoms with Gasteiger partial charge in [0.1, 0.15) is 5.58 Å². The van der Waals surface area contributed by atoms with Crippen LogP contribution < -0.4 is 5.43 Å². The van der Waals surface area contributed by atoms with Crippen LogP contribution >= 0.6 is 0 Å². The summed E-state index contributed by atoms with van der Waals surface area (Å²) in [6, 6.07) is 6.53. The van der Waals surface area contributed by atoms with Crippen LogP contribution in [-0.2, 0) is 15.9 Å². The molecule has 7 nitrogen and oxygen atoms in total. The number of methoxy groups -OCH3 is 2. The molecule has 0 amide bonds. The van der Waals surface area contributed by atoms with Gasteiger partial charge in [0.25, 0.3) is 0 Å². The molecule has 0 aliphatic heterocycles. The van der Waals surface area contributed by atoms with Gasteiger partial charge in [-0.25, -0.2) is 14.6 Å². The predicted octanol–water partition coefficient (Wildman–Crippen LogP) is 2.48. The predicted molar refractivity (Wildman–Crippen MR) is 89.8 cm³/mol. The summed E-state index contributed by atoms with van der Waals surface area (Å²) in [7, 11) is 2.34. The molecule has 0 aliphatic rings. The van der Waals surface area contributed by atoms with E-state index in [4.69, 9.17) is 4.42 Å². The number of fused-ring (bicyclic) bond motifs is 2. The Hall–Kier alpha value is -3.22.